The van der Waals surface area contributed by atoms with E-state index in [0.717, 1.165) is 21.6 Å². The SMILES string of the molecule is O=C(CS(=O)(=O)c1ccc(Cl)s1)Nc1nc2ccccc2s1. The van der Waals surface area contributed by atoms with Crippen molar-refractivity contribution < 1.29 is 13.2 Å². The van der Waals surface area contributed by atoms with Gasteiger partial charge in [-0.05, 0) is 24.3 Å². The molecule has 0 spiro atoms. The lowest BCUT2D eigenvalue weighted by Crippen LogP contribution is -2.22. The first-order valence-corrected chi connectivity index (χ1v) is 9.74. The number of halogens is 1. The van der Waals surface area contributed by atoms with Crippen LogP contribution in [0.1, 0.15) is 0 Å². The number of carbonyl (C=O) groups is 1. The van der Waals surface area contributed by atoms with Gasteiger partial charge in [-0.15, -0.1) is 11.3 Å². The number of thiazole rings is 1. The molecule has 0 unspecified atom stereocenters. The van der Waals surface area contributed by atoms with Crippen LogP contribution in [0, 0.1) is 0 Å². The van der Waals surface area contributed by atoms with Crippen LogP contribution in [0.25, 0.3) is 10.2 Å². The molecule has 0 radical (unpaired) electrons. The van der Waals surface area contributed by atoms with Gasteiger partial charge in [-0.25, -0.2) is 13.4 Å². The number of rotatable bonds is 4. The molecule has 1 amide bonds. The number of anilines is 1. The lowest BCUT2D eigenvalue weighted by atomic mass is 10.3. The second-order valence-electron chi connectivity index (χ2n) is 4.35. The van der Waals surface area contributed by atoms with Gasteiger partial charge in [0.25, 0.3) is 0 Å². The fourth-order valence-corrected chi connectivity index (χ4v) is 5.37. The van der Waals surface area contributed by atoms with Crippen molar-refractivity contribution in [2.75, 3.05) is 11.1 Å². The number of para-hydroxylation sites is 1. The van der Waals surface area contributed by atoms with Crippen molar-refractivity contribution in [2.45, 2.75) is 4.21 Å². The third kappa shape index (κ3) is 3.30. The van der Waals surface area contributed by atoms with Crippen LogP contribution in [0.5, 0.6) is 0 Å². The molecule has 1 aromatic carbocycles. The first-order valence-electron chi connectivity index (χ1n) is 6.07. The number of nitrogens with zero attached hydrogens (tertiary/aromatic N) is 1. The Bertz CT molecular complexity index is 913. The average Bonchev–Trinajstić information content (AvgIpc) is 3.03. The zero-order valence-corrected chi connectivity index (χ0v) is 14.2. The lowest BCUT2D eigenvalue weighted by Gasteiger charge is -2.01. The minimum Gasteiger partial charge on any atom is -0.301 e. The van der Waals surface area contributed by atoms with E-state index in [2.05, 4.69) is 10.3 Å². The smallest absolute Gasteiger partial charge is 0.241 e. The highest BCUT2D eigenvalue weighted by molar-refractivity contribution is 7.94. The topological polar surface area (TPSA) is 76.1 Å². The second kappa shape index (κ2) is 5.96. The summed E-state index contributed by atoms with van der Waals surface area (Å²) < 4.78 is 25.6. The van der Waals surface area contributed by atoms with Crippen molar-refractivity contribution in [3.63, 3.8) is 0 Å². The van der Waals surface area contributed by atoms with E-state index in [1.807, 2.05) is 24.3 Å². The third-order valence-electron chi connectivity index (χ3n) is 2.72. The second-order valence-corrected chi connectivity index (χ2v) is 9.31. The summed E-state index contributed by atoms with van der Waals surface area (Å²) in [7, 11) is -3.69. The molecular formula is C13H9ClN2O3S3. The Balaban J connectivity index is 1.74. The summed E-state index contributed by atoms with van der Waals surface area (Å²) in [6, 6.07) is 10.3. The summed E-state index contributed by atoms with van der Waals surface area (Å²) in [6.07, 6.45) is 0. The fourth-order valence-electron chi connectivity index (χ4n) is 1.79. The summed E-state index contributed by atoms with van der Waals surface area (Å²) in [5.41, 5.74) is 0.760. The van der Waals surface area contributed by atoms with Gasteiger partial charge in [0.1, 0.15) is 9.96 Å². The normalized spacial score (nSPS) is 11.7. The maximum atomic E-state index is 12.1. The summed E-state index contributed by atoms with van der Waals surface area (Å²) in [5, 5.41) is 2.91. The van der Waals surface area contributed by atoms with Crippen LogP contribution >= 0.6 is 34.3 Å². The van der Waals surface area contributed by atoms with Crippen LogP contribution in [0.3, 0.4) is 0 Å². The van der Waals surface area contributed by atoms with E-state index in [1.165, 1.54) is 23.5 Å². The molecule has 3 rings (SSSR count). The summed E-state index contributed by atoms with van der Waals surface area (Å²) in [6.45, 7) is 0. The van der Waals surface area contributed by atoms with E-state index in [1.54, 1.807) is 0 Å². The molecule has 0 atom stereocenters. The number of amides is 1. The molecule has 0 aliphatic rings. The van der Waals surface area contributed by atoms with Crippen LogP contribution in [0.2, 0.25) is 4.34 Å². The van der Waals surface area contributed by atoms with Crippen molar-refractivity contribution in [3.05, 3.63) is 40.7 Å². The molecule has 0 saturated carbocycles. The Morgan fingerprint density at radius 3 is 2.64 bits per heavy atom. The monoisotopic (exact) mass is 372 g/mol. The Labute approximate surface area is 139 Å². The quantitative estimate of drug-likeness (QED) is 0.761. The van der Waals surface area contributed by atoms with E-state index in [4.69, 9.17) is 11.6 Å². The molecule has 0 bridgehead atoms. The van der Waals surface area contributed by atoms with Crippen molar-refractivity contribution >= 4 is 65.4 Å². The van der Waals surface area contributed by atoms with Crippen LogP contribution in [0.4, 0.5) is 5.13 Å². The van der Waals surface area contributed by atoms with Crippen molar-refractivity contribution in [2.24, 2.45) is 0 Å². The van der Waals surface area contributed by atoms with E-state index >= 15 is 0 Å². The van der Waals surface area contributed by atoms with Gasteiger partial charge < -0.3 is 5.32 Å². The van der Waals surface area contributed by atoms with Crippen LogP contribution in [0.15, 0.2) is 40.6 Å². The predicted molar refractivity (Wildman–Crippen MR) is 89.6 cm³/mol. The molecule has 2 heterocycles. The lowest BCUT2D eigenvalue weighted by molar-refractivity contribution is -0.113. The standard InChI is InChI=1S/C13H9ClN2O3S3/c14-10-5-6-12(21-10)22(18,19)7-11(17)16-13-15-8-3-1-2-4-9(8)20-13/h1-6H,7H2,(H,15,16,17). The van der Waals surface area contributed by atoms with E-state index < -0.39 is 21.5 Å². The number of aromatic nitrogens is 1. The molecule has 0 fully saturated rings. The van der Waals surface area contributed by atoms with Gasteiger partial charge in [0, 0.05) is 0 Å². The maximum Gasteiger partial charge on any atom is 0.241 e. The number of carbonyl (C=O) groups excluding carboxylic acids is 1. The molecule has 1 N–H and O–H groups in total. The van der Waals surface area contributed by atoms with Gasteiger partial charge in [-0.1, -0.05) is 35.1 Å². The van der Waals surface area contributed by atoms with Gasteiger partial charge in [-0.2, -0.15) is 0 Å². The number of thiophene rings is 1. The minimum atomic E-state index is -3.69. The fraction of sp³-hybridized carbons (Fsp3) is 0.0769. The van der Waals surface area contributed by atoms with Gasteiger partial charge >= 0.3 is 0 Å². The van der Waals surface area contributed by atoms with Crippen LogP contribution < -0.4 is 5.32 Å². The first kappa shape index (κ1) is 15.4. The van der Waals surface area contributed by atoms with Crippen molar-refractivity contribution in [1.82, 2.24) is 4.98 Å². The Morgan fingerprint density at radius 1 is 1.18 bits per heavy atom. The zero-order valence-electron chi connectivity index (χ0n) is 10.9. The van der Waals surface area contributed by atoms with Crippen LogP contribution in [-0.2, 0) is 14.6 Å². The molecule has 0 saturated heterocycles. The molecule has 2 aromatic heterocycles. The highest BCUT2D eigenvalue weighted by Gasteiger charge is 2.22. The van der Waals surface area contributed by atoms with Gasteiger partial charge in [0.05, 0.1) is 14.6 Å². The Kier molecular flexibility index (Phi) is 4.18. The van der Waals surface area contributed by atoms with Crippen molar-refractivity contribution in [1.29, 1.82) is 0 Å². The van der Waals surface area contributed by atoms with Crippen molar-refractivity contribution in [3.8, 4) is 0 Å². The number of nitrogens with one attached hydrogen (secondary N) is 1. The average molecular weight is 373 g/mol. The number of fused-ring (bicyclic) bond motifs is 1. The molecule has 114 valence electrons. The Morgan fingerprint density at radius 2 is 1.95 bits per heavy atom. The molecule has 9 heteroatoms. The summed E-state index contributed by atoms with van der Waals surface area (Å²) in [5.74, 6) is -1.26. The number of hydrogen-bond donors (Lipinski definition) is 1. The molecule has 22 heavy (non-hydrogen) atoms. The summed E-state index contributed by atoms with van der Waals surface area (Å²) >= 11 is 7.95. The van der Waals surface area contributed by atoms with Crippen LogP contribution in [-0.4, -0.2) is 25.1 Å². The predicted octanol–water partition coefficient (Wildman–Crippen LogP) is 3.42. The zero-order chi connectivity index (χ0) is 15.7. The highest BCUT2D eigenvalue weighted by atomic mass is 35.5. The van der Waals surface area contributed by atoms with E-state index in [9.17, 15) is 13.2 Å². The van der Waals surface area contributed by atoms with Gasteiger partial charge in [0.15, 0.2) is 15.0 Å². The molecule has 3 aromatic rings. The number of benzene rings is 1. The van der Waals surface area contributed by atoms with E-state index in [0.29, 0.717) is 9.47 Å². The van der Waals surface area contributed by atoms with Gasteiger partial charge in [0.2, 0.25) is 5.91 Å². The number of sulfone groups is 1. The molecule has 0 aliphatic carbocycles. The molecule has 5 nitrogen and oxygen atoms in total. The van der Waals surface area contributed by atoms with Gasteiger partial charge in [-0.3, -0.25) is 4.79 Å². The largest absolute Gasteiger partial charge is 0.301 e. The number of hydrogen-bond acceptors (Lipinski definition) is 6. The molecule has 0 aliphatic heterocycles. The summed E-state index contributed by atoms with van der Waals surface area (Å²) in [4.78, 5) is 16.2. The highest BCUT2D eigenvalue weighted by Crippen LogP contribution is 2.27. The maximum absolute atomic E-state index is 12.1. The Hall–Kier alpha value is -1.48. The minimum absolute atomic E-state index is 0.0805. The van der Waals surface area contributed by atoms with E-state index in [-0.39, 0.29) is 4.21 Å². The molecular weight excluding hydrogens is 364 g/mol. The third-order valence-corrected chi connectivity index (χ3v) is 7.10. The first-order chi connectivity index (χ1) is 10.4.